The Morgan fingerprint density at radius 3 is 2.20 bits per heavy atom. The fourth-order valence-corrected chi connectivity index (χ4v) is 0.504. The molecule has 0 bridgehead atoms. The molecule has 0 fully saturated rings. The number of allylic oxidation sites excluding steroid dienone is 1. The van der Waals surface area contributed by atoms with E-state index in [1.165, 1.54) is 26.7 Å². The molecule has 0 aliphatic heterocycles. The van der Waals surface area contributed by atoms with E-state index in [-0.39, 0.29) is 69.7 Å². The summed E-state index contributed by atoms with van der Waals surface area (Å²) in [6.07, 6.45) is 1.45. The molecular weight excluding hydrogens is 291 g/mol. The van der Waals surface area contributed by atoms with Gasteiger partial charge in [-0.2, -0.15) is 0 Å². The molecule has 0 saturated carbocycles. The molecule has 0 heterocycles. The van der Waals surface area contributed by atoms with Gasteiger partial charge in [-0.3, -0.25) is 0 Å². The number of aliphatic imine (C=N–C) groups is 1. The van der Waals surface area contributed by atoms with Gasteiger partial charge < -0.3 is 7.43 Å². The normalized spacial score (nSPS) is 7.40. The zero-order valence-electron chi connectivity index (χ0n) is 6.63. The standard InChI is InChI=1S/C5H5N.CH3.Na.Nb.Y/c1-4-5(2)6-3;;;;/h1,4H,2H3;1H3;;;/q-2;-1;+1;;. The van der Waals surface area contributed by atoms with Crippen LogP contribution in [0.1, 0.15) is 6.92 Å². The minimum Gasteiger partial charge on any atom is -0.358 e. The van der Waals surface area contributed by atoms with E-state index in [1.807, 2.05) is 6.92 Å². The fourth-order valence-electron chi connectivity index (χ4n) is 0.116. The third-order valence-corrected chi connectivity index (χ3v) is 0.713. The first-order valence-corrected chi connectivity index (χ1v) is 2.89. The van der Waals surface area contributed by atoms with E-state index in [9.17, 15) is 0 Å². The Labute approximate surface area is 123 Å². The maximum Gasteiger partial charge on any atom is 1.00 e. The molecule has 1 radical (unpaired) electrons. The van der Waals surface area contributed by atoms with Crippen LogP contribution in [0.25, 0.3) is 0 Å². The van der Waals surface area contributed by atoms with Crippen LogP contribution in [0.2, 0.25) is 0 Å². The van der Waals surface area contributed by atoms with Gasteiger partial charge in [0.1, 0.15) is 0 Å². The monoisotopic (exact) mass is 299 g/mol. The van der Waals surface area contributed by atoms with Crippen molar-refractivity contribution in [3.63, 3.8) is 0 Å². The average molecular weight is 299 g/mol. The third-order valence-electron chi connectivity index (χ3n) is 0.468. The van der Waals surface area contributed by atoms with Crippen LogP contribution in [0, 0.1) is 14.0 Å². The molecule has 4 heteroatoms. The molecular formula is C6H8NNaNbY-2. The van der Waals surface area contributed by atoms with Gasteiger partial charge >= 0.3 is 84.8 Å². The van der Waals surface area contributed by atoms with Crippen molar-refractivity contribution < 1.29 is 82.9 Å². The largest absolute Gasteiger partial charge is 1.00 e. The van der Waals surface area contributed by atoms with Gasteiger partial charge in [0.15, 0.2) is 0 Å². The van der Waals surface area contributed by atoms with Gasteiger partial charge in [-0.1, -0.05) is 0 Å². The first-order chi connectivity index (χ1) is 3.31. The van der Waals surface area contributed by atoms with E-state index in [0.717, 1.165) is 5.71 Å². The van der Waals surface area contributed by atoms with E-state index in [0.29, 0.717) is 0 Å². The summed E-state index contributed by atoms with van der Waals surface area (Å²) >= 11 is 1.42. The van der Waals surface area contributed by atoms with Gasteiger partial charge in [0.25, 0.3) is 0 Å². The molecule has 0 spiro atoms. The first kappa shape index (κ1) is 22.7. The second-order valence-corrected chi connectivity index (χ2v) is 1.51. The summed E-state index contributed by atoms with van der Waals surface area (Å²) in [4.78, 5) is 3.75. The van der Waals surface area contributed by atoms with Crippen LogP contribution in [0.5, 0.6) is 0 Å². The summed E-state index contributed by atoms with van der Waals surface area (Å²) in [7, 11) is 0. The number of rotatable bonds is 2. The van der Waals surface area contributed by atoms with Crippen molar-refractivity contribution in [3.05, 3.63) is 20.1 Å². The molecule has 0 unspecified atom stereocenters. The van der Waals surface area contributed by atoms with E-state index < -0.39 is 0 Å². The minimum absolute atomic E-state index is 0. The molecule has 0 aliphatic rings. The summed E-state index contributed by atoms with van der Waals surface area (Å²) in [5, 5.41) is 0. The van der Waals surface area contributed by atoms with Crippen LogP contribution in [0.15, 0.2) is 11.1 Å². The summed E-state index contributed by atoms with van der Waals surface area (Å²) in [5.74, 6) is 0. The van der Waals surface area contributed by atoms with Crippen LogP contribution in [-0.4, -0.2) is 10.1 Å². The molecule has 0 aliphatic carbocycles. The zero-order valence-corrected chi connectivity index (χ0v) is 13.7. The Hall–Kier alpha value is 2.12. The van der Waals surface area contributed by atoms with Crippen LogP contribution in [0.3, 0.4) is 0 Å². The Balaban J connectivity index is -0.0000000600. The van der Waals surface area contributed by atoms with Crippen molar-refractivity contribution in [2.45, 2.75) is 6.92 Å². The molecule has 0 atom stereocenters. The van der Waals surface area contributed by atoms with Crippen LogP contribution in [0.4, 0.5) is 0 Å². The number of hydrogen-bond acceptors (Lipinski definition) is 1. The predicted molar refractivity (Wildman–Crippen MR) is 33.4 cm³/mol. The van der Waals surface area contributed by atoms with Gasteiger partial charge in [0.2, 0.25) is 0 Å². The summed E-state index contributed by atoms with van der Waals surface area (Å²) < 4.78 is 2.65. The van der Waals surface area contributed by atoms with Crippen molar-refractivity contribution in [3.8, 4) is 0 Å². The molecule has 0 amide bonds. The number of hydrogen-bond donors (Lipinski definition) is 0. The van der Waals surface area contributed by atoms with E-state index in [2.05, 4.69) is 9.34 Å². The van der Waals surface area contributed by atoms with Crippen LogP contribution >= 0.6 is 0 Å². The second-order valence-electron chi connectivity index (χ2n) is 1.02. The topological polar surface area (TPSA) is 12.4 Å². The first-order valence-electron chi connectivity index (χ1n) is 1.79. The van der Waals surface area contributed by atoms with Crippen molar-refractivity contribution in [1.29, 1.82) is 0 Å². The van der Waals surface area contributed by atoms with Gasteiger partial charge in [-0.25, -0.2) is 0 Å². The van der Waals surface area contributed by atoms with Gasteiger partial charge in [-0.05, 0) is 0 Å². The third kappa shape index (κ3) is 16.6. The van der Waals surface area contributed by atoms with E-state index in [4.69, 9.17) is 6.58 Å². The van der Waals surface area contributed by atoms with Crippen molar-refractivity contribution >= 4 is 10.1 Å². The Bertz CT molecular complexity index is 114. The maximum absolute atomic E-state index is 5.07. The SMILES string of the molecule is [CH-]=CC(C)=N[C-]=[Nb].[CH3-].[Na+].[Y]. The second kappa shape index (κ2) is 17.3. The molecule has 0 aromatic heterocycles. The fraction of sp³-hybridized carbons (Fsp3) is 0.167. The van der Waals surface area contributed by atoms with E-state index >= 15 is 0 Å². The Morgan fingerprint density at radius 2 is 2.10 bits per heavy atom. The predicted octanol–water partition coefficient (Wildman–Crippen LogP) is -1.93. The van der Waals surface area contributed by atoms with E-state index in [1.54, 1.807) is 0 Å². The summed E-state index contributed by atoms with van der Waals surface area (Å²) in [6.45, 7) is 6.89. The van der Waals surface area contributed by atoms with Crippen molar-refractivity contribution in [1.82, 2.24) is 0 Å². The minimum atomic E-state index is 0. The van der Waals surface area contributed by atoms with Crippen LogP contribution < -0.4 is 29.6 Å². The Kier molecular flexibility index (Phi) is 39.3. The van der Waals surface area contributed by atoms with Crippen molar-refractivity contribution in [2.75, 3.05) is 0 Å². The molecule has 0 N–H and O–H groups in total. The zero-order chi connectivity index (χ0) is 5.70. The molecule has 0 saturated heterocycles. The molecule has 1 nitrogen and oxygen atoms in total. The number of nitrogens with zero attached hydrogens (tertiary/aromatic N) is 1. The summed E-state index contributed by atoms with van der Waals surface area (Å²) in [5.41, 5.74) is 0.806. The molecule has 0 aromatic carbocycles. The molecule has 48 valence electrons. The summed E-state index contributed by atoms with van der Waals surface area (Å²) in [6, 6.07) is 0. The van der Waals surface area contributed by atoms with Crippen LogP contribution in [-0.2, 0) is 53.3 Å². The van der Waals surface area contributed by atoms with Gasteiger partial charge in [0, 0.05) is 32.7 Å². The maximum atomic E-state index is 5.07. The van der Waals surface area contributed by atoms with Gasteiger partial charge in [-0.15, -0.1) is 0 Å². The Morgan fingerprint density at radius 1 is 1.70 bits per heavy atom. The molecule has 0 aromatic rings. The molecule has 10 heavy (non-hydrogen) atoms. The smallest absolute Gasteiger partial charge is 0.358 e. The molecule has 0 rings (SSSR count). The van der Waals surface area contributed by atoms with Gasteiger partial charge in [0.05, 0.1) is 0 Å². The quantitative estimate of drug-likeness (QED) is 0.320. The van der Waals surface area contributed by atoms with Crippen molar-refractivity contribution in [2.24, 2.45) is 4.99 Å². The average Bonchev–Trinajstić information content (AvgIpc) is 1.68.